The lowest BCUT2D eigenvalue weighted by molar-refractivity contribution is -0.120. The van der Waals surface area contributed by atoms with Crippen LogP contribution in [0.15, 0.2) is 53.0 Å². The number of carbonyl (C=O) groups excluding carboxylic acids is 1. The molecule has 2 aromatic carbocycles. The zero-order valence-corrected chi connectivity index (χ0v) is 17.6. The Balaban J connectivity index is 1.66. The zero-order valence-electron chi connectivity index (χ0n) is 15.2. The highest BCUT2D eigenvalue weighted by atomic mass is 79.9. The van der Waals surface area contributed by atoms with E-state index in [4.69, 9.17) is 0 Å². The quantitative estimate of drug-likeness (QED) is 0.749. The number of carbonyl (C=O) groups is 1. The van der Waals surface area contributed by atoms with E-state index in [0.717, 1.165) is 21.3 Å². The highest BCUT2D eigenvalue weighted by Crippen LogP contribution is 2.24. The van der Waals surface area contributed by atoms with E-state index in [-0.39, 0.29) is 24.1 Å². The number of benzene rings is 2. The molecule has 3 rings (SSSR count). The van der Waals surface area contributed by atoms with Crippen molar-refractivity contribution >= 4 is 37.5 Å². The lowest BCUT2D eigenvalue weighted by Gasteiger charge is -2.31. The molecular formula is C20H23BrN2O3S. The molecule has 0 aliphatic carbocycles. The molecule has 1 atom stereocenters. The molecule has 1 aliphatic rings. The minimum Gasteiger partial charge on any atom is -0.326 e. The Morgan fingerprint density at radius 1 is 1.22 bits per heavy atom. The van der Waals surface area contributed by atoms with Gasteiger partial charge in [-0.25, -0.2) is 12.7 Å². The van der Waals surface area contributed by atoms with Gasteiger partial charge in [-0.3, -0.25) is 4.79 Å². The van der Waals surface area contributed by atoms with Crippen molar-refractivity contribution in [1.82, 2.24) is 4.31 Å². The summed E-state index contributed by atoms with van der Waals surface area (Å²) in [6, 6.07) is 14.8. The Kier molecular flexibility index (Phi) is 6.34. The van der Waals surface area contributed by atoms with Crippen LogP contribution < -0.4 is 5.32 Å². The molecule has 0 saturated carbocycles. The Hall–Kier alpha value is -1.70. The minimum atomic E-state index is -3.44. The van der Waals surface area contributed by atoms with E-state index in [9.17, 15) is 13.2 Å². The van der Waals surface area contributed by atoms with Crippen LogP contribution in [0.25, 0.3) is 0 Å². The maximum atomic E-state index is 12.8. The predicted octanol–water partition coefficient (Wildman–Crippen LogP) is 3.94. The zero-order chi connectivity index (χ0) is 19.4. The smallest absolute Gasteiger partial charge is 0.228 e. The number of nitrogens with zero attached hydrogens (tertiary/aromatic N) is 1. The number of sulfonamides is 1. The summed E-state index contributed by atoms with van der Waals surface area (Å²) in [5, 5.41) is 2.92. The van der Waals surface area contributed by atoms with Crippen LogP contribution in [-0.2, 0) is 20.6 Å². The average molecular weight is 451 g/mol. The summed E-state index contributed by atoms with van der Waals surface area (Å²) in [6.45, 7) is 2.66. The van der Waals surface area contributed by atoms with E-state index in [0.29, 0.717) is 19.4 Å². The maximum absolute atomic E-state index is 12.8. The molecule has 0 bridgehead atoms. The van der Waals surface area contributed by atoms with Crippen molar-refractivity contribution in [3.05, 3.63) is 64.1 Å². The van der Waals surface area contributed by atoms with Gasteiger partial charge in [-0.15, -0.1) is 0 Å². The second kappa shape index (κ2) is 8.54. The van der Waals surface area contributed by atoms with Crippen molar-refractivity contribution in [1.29, 1.82) is 0 Å². The molecule has 1 amide bonds. The van der Waals surface area contributed by atoms with Gasteiger partial charge < -0.3 is 5.32 Å². The topological polar surface area (TPSA) is 66.5 Å². The van der Waals surface area contributed by atoms with Gasteiger partial charge in [0, 0.05) is 23.2 Å². The standard InChI is InChI=1S/C20H23BrN2O3S/c1-15-12-18(9-10-19(15)21)22-20(24)17-8-5-11-23(13-17)27(25,26)14-16-6-3-2-4-7-16/h2-4,6-7,9-10,12,17H,5,8,11,13-14H2,1H3,(H,22,24)/t17-/m0/s1. The number of nitrogens with one attached hydrogen (secondary N) is 1. The van der Waals surface area contributed by atoms with Gasteiger partial charge in [0.1, 0.15) is 0 Å². The predicted molar refractivity (Wildman–Crippen MR) is 111 cm³/mol. The van der Waals surface area contributed by atoms with E-state index in [2.05, 4.69) is 21.2 Å². The third kappa shape index (κ3) is 5.18. The summed E-state index contributed by atoms with van der Waals surface area (Å²) in [6.07, 6.45) is 1.38. The monoisotopic (exact) mass is 450 g/mol. The van der Waals surface area contributed by atoms with Crippen molar-refractivity contribution < 1.29 is 13.2 Å². The second-order valence-corrected chi connectivity index (χ2v) is 9.72. The number of piperidine rings is 1. The van der Waals surface area contributed by atoms with E-state index in [1.54, 1.807) is 0 Å². The van der Waals surface area contributed by atoms with E-state index in [1.807, 2.05) is 55.5 Å². The van der Waals surface area contributed by atoms with Gasteiger partial charge in [-0.05, 0) is 49.1 Å². The van der Waals surface area contributed by atoms with Crippen LogP contribution in [0.1, 0.15) is 24.0 Å². The highest BCUT2D eigenvalue weighted by molar-refractivity contribution is 9.10. The SMILES string of the molecule is Cc1cc(NC(=O)[C@H]2CCCN(S(=O)(=O)Cc3ccccc3)C2)ccc1Br. The molecule has 144 valence electrons. The van der Waals surface area contributed by atoms with Crippen LogP contribution in [0.5, 0.6) is 0 Å². The number of rotatable bonds is 5. The summed E-state index contributed by atoms with van der Waals surface area (Å²) in [4.78, 5) is 12.7. The molecule has 0 unspecified atom stereocenters. The first-order valence-corrected chi connectivity index (χ1v) is 11.3. The van der Waals surface area contributed by atoms with Gasteiger partial charge in [-0.1, -0.05) is 46.3 Å². The molecule has 1 aliphatic heterocycles. The summed E-state index contributed by atoms with van der Waals surface area (Å²) >= 11 is 3.44. The van der Waals surface area contributed by atoms with Gasteiger partial charge in [-0.2, -0.15) is 0 Å². The van der Waals surface area contributed by atoms with Crippen molar-refractivity contribution in [3.8, 4) is 0 Å². The van der Waals surface area contributed by atoms with Crippen LogP contribution in [0, 0.1) is 12.8 Å². The van der Waals surface area contributed by atoms with Gasteiger partial charge in [0.05, 0.1) is 11.7 Å². The number of halogens is 1. The van der Waals surface area contributed by atoms with E-state index >= 15 is 0 Å². The van der Waals surface area contributed by atoms with Crippen LogP contribution in [-0.4, -0.2) is 31.7 Å². The maximum Gasteiger partial charge on any atom is 0.228 e. The Bertz CT molecular complexity index is 916. The Morgan fingerprint density at radius 3 is 2.67 bits per heavy atom. The molecule has 2 aromatic rings. The fourth-order valence-corrected chi connectivity index (χ4v) is 5.11. The summed E-state index contributed by atoms with van der Waals surface area (Å²) < 4.78 is 27.9. The third-order valence-corrected chi connectivity index (χ3v) is 7.47. The normalized spacial score (nSPS) is 18.2. The lowest BCUT2D eigenvalue weighted by Crippen LogP contribution is -2.44. The molecule has 1 fully saturated rings. The van der Waals surface area contributed by atoms with Gasteiger partial charge in [0.2, 0.25) is 15.9 Å². The number of hydrogen-bond acceptors (Lipinski definition) is 3. The molecule has 0 radical (unpaired) electrons. The van der Waals surface area contributed by atoms with E-state index < -0.39 is 10.0 Å². The van der Waals surface area contributed by atoms with Crippen LogP contribution in [0.4, 0.5) is 5.69 Å². The highest BCUT2D eigenvalue weighted by Gasteiger charge is 2.32. The molecule has 1 heterocycles. The van der Waals surface area contributed by atoms with Crippen LogP contribution in [0.2, 0.25) is 0 Å². The molecule has 0 aromatic heterocycles. The molecule has 0 spiro atoms. The molecule has 1 saturated heterocycles. The van der Waals surface area contributed by atoms with Crippen molar-refractivity contribution in [2.75, 3.05) is 18.4 Å². The number of anilines is 1. The first-order chi connectivity index (χ1) is 12.8. The third-order valence-electron chi connectivity index (χ3n) is 4.77. The van der Waals surface area contributed by atoms with Crippen molar-refractivity contribution in [3.63, 3.8) is 0 Å². The molecule has 5 nitrogen and oxygen atoms in total. The average Bonchev–Trinajstić information content (AvgIpc) is 2.65. The number of amides is 1. The largest absolute Gasteiger partial charge is 0.326 e. The minimum absolute atomic E-state index is 0.0336. The summed E-state index contributed by atoms with van der Waals surface area (Å²) in [7, 11) is -3.44. The van der Waals surface area contributed by atoms with Gasteiger partial charge >= 0.3 is 0 Å². The molecule has 7 heteroatoms. The first kappa shape index (κ1) is 20.0. The van der Waals surface area contributed by atoms with Crippen molar-refractivity contribution in [2.45, 2.75) is 25.5 Å². The Morgan fingerprint density at radius 2 is 1.96 bits per heavy atom. The molecule has 1 N–H and O–H groups in total. The van der Waals surface area contributed by atoms with E-state index in [1.165, 1.54) is 4.31 Å². The Labute approximate surface area is 169 Å². The second-order valence-electron chi connectivity index (χ2n) is 6.89. The fourth-order valence-electron chi connectivity index (χ4n) is 3.25. The summed E-state index contributed by atoms with van der Waals surface area (Å²) in [5.74, 6) is -0.502. The van der Waals surface area contributed by atoms with Crippen LogP contribution in [0.3, 0.4) is 0 Å². The molecular weight excluding hydrogens is 428 g/mol. The van der Waals surface area contributed by atoms with Gasteiger partial charge in [0.25, 0.3) is 0 Å². The summed E-state index contributed by atoms with van der Waals surface area (Å²) in [5.41, 5.74) is 2.52. The van der Waals surface area contributed by atoms with Crippen LogP contribution >= 0.6 is 15.9 Å². The lowest BCUT2D eigenvalue weighted by atomic mass is 9.98. The number of hydrogen-bond donors (Lipinski definition) is 1. The first-order valence-electron chi connectivity index (χ1n) is 8.94. The number of aryl methyl sites for hydroxylation is 1. The van der Waals surface area contributed by atoms with Crippen molar-refractivity contribution in [2.24, 2.45) is 5.92 Å². The van der Waals surface area contributed by atoms with Gasteiger partial charge in [0.15, 0.2) is 0 Å². The molecule has 27 heavy (non-hydrogen) atoms. The fraction of sp³-hybridized carbons (Fsp3) is 0.350.